The van der Waals surface area contributed by atoms with Crippen molar-refractivity contribution in [1.82, 2.24) is 14.8 Å². The summed E-state index contributed by atoms with van der Waals surface area (Å²) in [6.45, 7) is 6.94. The molecule has 5 nitrogen and oxygen atoms in total. The fourth-order valence-electron chi connectivity index (χ4n) is 2.56. The molecule has 1 aromatic rings. The molecule has 20 heavy (non-hydrogen) atoms. The summed E-state index contributed by atoms with van der Waals surface area (Å²) in [5.41, 5.74) is 6.75. The second kappa shape index (κ2) is 7.36. The zero-order valence-electron chi connectivity index (χ0n) is 12.2. The van der Waals surface area contributed by atoms with Gasteiger partial charge in [0, 0.05) is 51.0 Å². The molecule has 2 heterocycles. The quantitative estimate of drug-likeness (QED) is 0.860. The maximum atomic E-state index is 12.2. The summed E-state index contributed by atoms with van der Waals surface area (Å²) < 4.78 is 0. The van der Waals surface area contributed by atoms with E-state index in [1.807, 2.05) is 24.1 Å². The Bertz CT molecular complexity index is 415. The lowest BCUT2D eigenvalue weighted by atomic mass is 10.1. The highest BCUT2D eigenvalue weighted by Crippen LogP contribution is 2.12. The Kier molecular flexibility index (Phi) is 5.49. The molecule has 1 fully saturated rings. The van der Waals surface area contributed by atoms with Crippen molar-refractivity contribution in [3.8, 4) is 0 Å². The average molecular weight is 276 g/mol. The highest BCUT2D eigenvalue weighted by molar-refractivity contribution is 5.78. The van der Waals surface area contributed by atoms with E-state index in [0.717, 1.165) is 39.1 Å². The third-order valence-corrected chi connectivity index (χ3v) is 3.83. The summed E-state index contributed by atoms with van der Waals surface area (Å²) >= 11 is 0. The summed E-state index contributed by atoms with van der Waals surface area (Å²) in [5.74, 6) is 0.293. The Labute approximate surface area is 120 Å². The van der Waals surface area contributed by atoms with Crippen LogP contribution in [0.2, 0.25) is 0 Å². The van der Waals surface area contributed by atoms with Crippen molar-refractivity contribution in [1.29, 1.82) is 0 Å². The predicted octanol–water partition coefficient (Wildman–Crippen LogP) is 0.711. The highest BCUT2D eigenvalue weighted by atomic mass is 16.2. The van der Waals surface area contributed by atoms with E-state index >= 15 is 0 Å². The van der Waals surface area contributed by atoms with Crippen LogP contribution in [-0.4, -0.2) is 53.4 Å². The maximum absolute atomic E-state index is 12.2. The van der Waals surface area contributed by atoms with Crippen molar-refractivity contribution in [2.75, 3.05) is 32.7 Å². The molecule has 0 spiro atoms. The molecule has 1 saturated heterocycles. The van der Waals surface area contributed by atoms with Crippen LogP contribution < -0.4 is 5.73 Å². The largest absolute Gasteiger partial charge is 0.340 e. The van der Waals surface area contributed by atoms with E-state index in [9.17, 15) is 4.79 Å². The lowest BCUT2D eigenvalue weighted by molar-refractivity contribution is -0.137. The van der Waals surface area contributed by atoms with Gasteiger partial charge in [-0.2, -0.15) is 0 Å². The molecule has 110 valence electrons. The third kappa shape index (κ3) is 4.02. The van der Waals surface area contributed by atoms with Gasteiger partial charge in [0.25, 0.3) is 0 Å². The molecule has 0 saturated carbocycles. The normalized spacial score (nSPS) is 18.0. The molecule has 1 aliphatic heterocycles. The zero-order chi connectivity index (χ0) is 14.4. The Morgan fingerprint density at radius 1 is 1.40 bits per heavy atom. The van der Waals surface area contributed by atoms with Crippen LogP contribution in [0.4, 0.5) is 0 Å². The maximum Gasteiger partial charge on any atom is 0.225 e. The Hall–Kier alpha value is -1.46. The number of piperazine rings is 1. The first kappa shape index (κ1) is 14.9. The molecule has 1 unspecified atom stereocenters. The van der Waals surface area contributed by atoms with Gasteiger partial charge in [-0.25, -0.2) is 0 Å². The number of pyridine rings is 1. The fourth-order valence-corrected chi connectivity index (χ4v) is 2.56. The van der Waals surface area contributed by atoms with E-state index in [4.69, 9.17) is 5.73 Å². The molecule has 0 aliphatic carbocycles. The molecule has 0 aromatic carbocycles. The van der Waals surface area contributed by atoms with Crippen molar-refractivity contribution < 1.29 is 4.79 Å². The highest BCUT2D eigenvalue weighted by Gasteiger charge is 2.24. The van der Waals surface area contributed by atoms with E-state index in [1.54, 1.807) is 6.20 Å². The number of nitrogens with zero attached hydrogens (tertiary/aromatic N) is 3. The molecule has 1 amide bonds. The van der Waals surface area contributed by atoms with Crippen molar-refractivity contribution >= 4 is 5.91 Å². The van der Waals surface area contributed by atoms with Gasteiger partial charge >= 0.3 is 0 Å². The van der Waals surface area contributed by atoms with Gasteiger partial charge in [-0.05, 0) is 24.6 Å². The fraction of sp³-hybridized carbons (Fsp3) is 0.600. The Balaban J connectivity index is 1.79. The number of carbonyl (C=O) groups excluding carboxylic acids is 1. The molecule has 5 heteroatoms. The van der Waals surface area contributed by atoms with E-state index in [-0.39, 0.29) is 11.8 Å². The number of hydrogen-bond donors (Lipinski definition) is 1. The first-order valence-electron chi connectivity index (χ1n) is 7.31. The van der Waals surface area contributed by atoms with Gasteiger partial charge < -0.3 is 10.6 Å². The zero-order valence-corrected chi connectivity index (χ0v) is 12.2. The number of amides is 1. The van der Waals surface area contributed by atoms with E-state index in [0.29, 0.717) is 6.54 Å². The molecule has 0 bridgehead atoms. The van der Waals surface area contributed by atoms with Crippen molar-refractivity contribution in [2.45, 2.75) is 19.9 Å². The second-order valence-electron chi connectivity index (χ2n) is 5.44. The molecular formula is C15H24N4O. The van der Waals surface area contributed by atoms with Crippen LogP contribution >= 0.6 is 0 Å². The SMILES string of the molecule is CC(CCN)C(=O)N1CCN(Cc2cccnc2)CC1. The topological polar surface area (TPSA) is 62.5 Å². The Morgan fingerprint density at radius 2 is 2.15 bits per heavy atom. The number of carbonyl (C=O) groups is 1. The van der Waals surface area contributed by atoms with Crippen LogP contribution in [0.5, 0.6) is 0 Å². The summed E-state index contributed by atoms with van der Waals surface area (Å²) in [6, 6.07) is 4.05. The van der Waals surface area contributed by atoms with Crippen LogP contribution in [0.25, 0.3) is 0 Å². The van der Waals surface area contributed by atoms with Gasteiger partial charge in [0.05, 0.1) is 0 Å². The first-order chi connectivity index (χ1) is 9.70. The molecular weight excluding hydrogens is 252 g/mol. The minimum Gasteiger partial charge on any atom is -0.340 e. The van der Waals surface area contributed by atoms with Crippen LogP contribution in [0.1, 0.15) is 18.9 Å². The molecule has 0 radical (unpaired) electrons. The second-order valence-corrected chi connectivity index (χ2v) is 5.44. The lowest BCUT2D eigenvalue weighted by Gasteiger charge is -2.36. The number of rotatable bonds is 5. The summed E-state index contributed by atoms with van der Waals surface area (Å²) in [4.78, 5) is 20.7. The molecule has 1 atom stereocenters. The number of aromatic nitrogens is 1. The van der Waals surface area contributed by atoms with Crippen molar-refractivity contribution in [3.63, 3.8) is 0 Å². The minimum atomic E-state index is 0.0462. The average Bonchev–Trinajstić information content (AvgIpc) is 2.48. The van der Waals surface area contributed by atoms with Crippen molar-refractivity contribution in [2.24, 2.45) is 11.7 Å². The van der Waals surface area contributed by atoms with Crippen LogP contribution in [0.3, 0.4) is 0 Å². The smallest absolute Gasteiger partial charge is 0.225 e. The molecule has 1 aliphatic rings. The third-order valence-electron chi connectivity index (χ3n) is 3.83. The summed E-state index contributed by atoms with van der Waals surface area (Å²) in [6.07, 6.45) is 4.47. The number of hydrogen-bond acceptors (Lipinski definition) is 4. The summed E-state index contributed by atoms with van der Waals surface area (Å²) in [5, 5.41) is 0. The van der Waals surface area contributed by atoms with Gasteiger partial charge in [0.1, 0.15) is 0 Å². The van der Waals surface area contributed by atoms with Gasteiger partial charge in [0.15, 0.2) is 0 Å². The van der Waals surface area contributed by atoms with Gasteiger partial charge in [-0.1, -0.05) is 13.0 Å². The molecule has 2 rings (SSSR count). The standard InChI is InChI=1S/C15H24N4O/c1-13(4-5-16)15(20)19-9-7-18(8-10-19)12-14-3-2-6-17-11-14/h2-3,6,11,13H,4-5,7-10,12,16H2,1H3. The van der Waals surface area contributed by atoms with E-state index in [1.165, 1.54) is 5.56 Å². The summed E-state index contributed by atoms with van der Waals surface area (Å²) in [7, 11) is 0. The van der Waals surface area contributed by atoms with Gasteiger partial charge in [-0.3, -0.25) is 14.7 Å². The van der Waals surface area contributed by atoms with Gasteiger partial charge in [0.2, 0.25) is 5.91 Å². The Morgan fingerprint density at radius 3 is 2.75 bits per heavy atom. The van der Waals surface area contributed by atoms with Crippen LogP contribution in [-0.2, 0) is 11.3 Å². The minimum absolute atomic E-state index is 0.0462. The van der Waals surface area contributed by atoms with Crippen molar-refractivity contribution in [3.05, 3.63) is 30.1 Å². The molecule has 1 aromatic heterocycles. The predicted molar refractivity (Wildman–Crippen MR) is 78.9 cm³/mol. The first-order valence-corrected chi connectivity index (χ1v) is 7.31. The number of nitrogens with two attached hydrogens (primary N) is 1. The molecule has 2 N–H and O–H groups in total. The van der Waals surface area contributed by atoms with E-state index < -0.39 is 0 Å². The monoisotopic (exact) mass is 276 g/mol. The lowest BCUT2D eigenvalue weighted by Crippen LogP contribution is -2.49. The van der Waals surface area contributed by atoms with E-state index in [2.05, 4.69) is 16.0 Å². The van der Waals surface area contributed by atoms with Crippen LogP contribution in [0, 0.1) is 5.92 Å². The van der Waals surface area contributed by atoms with Crippen LogP contribution in [0.15, 0.2) is 24.5 Å². The van der Waals surface area contributed by atoms with Gasteiger partial charge in [-0.15, -0.1) is 0 Å².